The van der Waals surface area contributed by atoms with Crippen molar-refractivity contribution in [2.45, 2.75) is 26.7 Å². The molecule has 0 bridgehead atoms. The lowest BCUT2D eigenvalue weighted by molar-refractivity contribution is -0.134. The molecule has 2 aromatic heterocycles. The van der Waals surface area contributed by atoms with E-state index in [0.717, 1.165) is 81.1 Å². The number of ether oxygens (including phenoxy) is 2. The first-order chi connectivity index (χ1) is 14.0. The molecule has 29 heavy (non-hydrogen) atoms. The number of amides is 1. The highest BCUT2D eigenvalue weighted by Gasteiger charge is 2.25. The summed E-state index contributed by atoms with van der Waals surface area (Å²) in [6.45, 7) is 10.5. The second-order valence-corrected chi connectivity index (χ2v) is 8.23. The molecule has 8 nitrogen and oxygen atoms in total. The number of morpholine rings is 1. The molecule has 0 saturated carbocycles. The Morgan fingerprint density at radius 1 is 1.21 bits per heavy atom. The van der Waals surface area contributed by atoms with Gasteiger partial charge in [-0.05, 0) is 44.2 Å². The summed E-state index contributed by atoms with van der Waals surface area (Å²) in [5, 5.41) is 5.32. The van der Waals surface area contributed by atoms with E-state index in [-0.39, 0.29) is 12.5 Å². The van der Waals surface area contributed by atoms with Crippen molar-refractivity contribution in [3.05, 3.63) is 17.3 Å². The summed E-state index contributed by atoms with van der Waals surface area (Å²) >= 11 is 0. The molecule has 0 atom stereocenters. The molecule has 1 amide bonds. The Kier molecular flexibility index (Phi) is 6.01. The maximum atomic E-state index is 12.7. The van der Waals surface area contributed by atoms with Gasteiger partial charge in [0, 0.05) is 45.5 Å². The molecule has 2 aliphatic heterocycles. The first kappa shape index (κ1) is 20.1. The molecule has 0 spiro atoms. The summed E-state index contributed by atoms with van der Waals surface area (Å²) in [6.07, 6.45) is 2.11. The van der Waals surface area contributed by atoms with Crippen molar-refractivity contribution >= 4 is 16.9 Å². The smallest absolute Gasteiger partial charge is 0.260 e. The summed E-state index contributed by atoms with van der Waals surface area (Å²) in [6, 6.07) is 2.01. The molecule has 158 valence electrons. The number of likely N-dealkylation sites (tertiary alicyclic amines) is 1. The maximum absolute atomic E-state index is 12.7. The fourth-order valence-electron chi connectivity index (χ4n) is 4.39. The van der Waals surface area contributed by atoms with Gasteiger partial charge in [-0.1, -0.05) is 0 Å². The van der Waals surface area contributed by atoms with Crippen LogP contribution in [0.2, 0.25) is 0 Å². The second kappa shape index (κ2) is 8.67. The van der Waals surface area contributed by atoms with E-state index in [1.807, 2.05) is 31.9 Å². The standard InChI is InChI=1S/C21H31N5O3/c1-15-12-16(2)22-20-19(15)21(23-24(20)3)29-14-18(27)26-6-4-17(5-7-26)13-25-8-10-28-11-9-25/h12,17H,4-11,13-14H2,1-3H3. The Morgan fingerprint density at radius 3 is 2.66 bits per heavy atom. The van der Waals surface area contributed by atoms with E-state index < -0.39 is 0 Å². The van der Waals surface area contributed by atoms with Crippen molar-refractivity contribution < 1.29 is 14.3 Å². The predicted molar refractivity (Wildman–Crippen MR) is 110 cm³/mol. The average Bonchev–Trinajstić information content (AvgIpc) is 3.03. The van der Waals surface area contributed by atoms with Gasteiger partial charge in [-0.2, -0.15) is 0 Å². The third-order valence-electron chi connectivity index (χ3n) is 6.01. The summed E-state index contributed by atoms with van der Waals surface area (Å²) < 4.78 is 13.0. The van der Waals surface area contributed by atoms with Crippen LogP contribution in [0.3, 0.4) is 0 Å². The number of carbonyl (C=O) groups is 1. The monoisotopic (exact) mass is 401 g/mol. The molecule has 0 aromatic carbocycles. The molecule has 4 heterocycles. The van der Waals surface area contributed by atoms with Gasteiger partial charge in [-0.15, -0.1) is 5.10 Å². The summed E-state index contributed by atoms with van der Waals surface area (Å²) in [5.74, 6) is 1.18. The largest absolute Gasteiger partial charge is 0.466 e. The van der Waals surface area contributed by atoms with Crippen LogP contribution in [0.25, 0.3) is 11.0 Å². The van der Waals surface area contributed by atoms with Gasteiger partial charge < -0.3 is 14.4 Å². The molecule has 0 unspecified atom stereocenters. The molecule has 0 N–H and O–H groups in total. The van der Waals surface area contributed by atoms with E-state index in [2.05, 4.69) is 15.0 Å². The number of pyridine rings is 1. The quantitative estimate of drug-likeness (QED) is 0.757. The van der Waals surface area contributed by atoms with Crippen LogP contribution in [-0.4, -0.2) is 83.0 Å². The van der Waals surface area contributed by atoms with Crippen LogP contribution in [0, 0.1) is 19.8 Å². The number of piperidine rings is 1. The highest BCUT2D eigenvalue weighted by atomic mass is 16.5. The molecular formula is C21H31N5O3. The lowest BCUT2D eigenvalue weighted by atomic mass is 9.96. The number of hydrogen-bond donors (Lipinski definition) is 0. The van der Waals surface area contributed by atoms with Crippen molar-refractivity contribution in [3.8, 4) is 5.88 Å². The van der Waals surface area contributed by atoms with E-state index in [0.29, 0.717) is 11.8 Å². The van der Waals surface area contributed by atoms with E-state index in [9.17, 15) is 4.79 Å². The normalized spacial score (nSPS) is 19.1. The molecule has 2 aromatic rings. The Balaban J connectivity index is 1.30. The van der Waals surface area contributed by atoms with Gasteiger partial charge in [0.25, 0.3) is 5.91 Å². The SMILES string of the molecule is Cc1cc(C)c2c(OCC(=O)N3CCC(CN4CCOCC4)CC3)nn(C)c2n1. The van der Waals surface area contributed by atoms with Crippen molar-refractivity contribution in [3.63, 3.8) is 0 Å². The molecule has 2 fully saturated rings. The number of aromatic nitrogens is 3. The lowest BCUT2D eigenvalue weighted by Gasteiger charge is -2.36. The topological polar surface area (TPSA) is 72.7 Å². The first-order valence-corrected chi connectivity index (χ1v) is 10.5. The van der Waals surface area contributed by atoms with Crippen LogP contribution >= 0.6 is 0 Å². The Bertz CT molecular complexity index is 867. The zero-order valence-electron chi connectivity index (χ0n) is 17.7. The van der Waals surface area contributed by atoms with E-state index in [1.54, 1.807) is 4.68 Å². The summed E-state index contributed by atoms with van der Waals surface area (Å²) in [4.78, 5) is 21.6. The Morgan fingerprint density at radius 2 is 1.93 bits per heavy atom. The van der Waals surface area contributed by atoms with Crippen LogP contribution in [0.15, 0.2) is 6.07 Å². The number of nitrogens with zero attached hydrogens (tertiary/aromatic N) is 5. The van der Waals surface area contributed by atoms with Crippen molar-refractivity contribution in [2.75, 3.05) is 52.5 Å². The number of hydrogen-bond acceptors (Lipinski definition) is 6. The third kappa shape index (κ3) is 4.53. The fraction of sp³-hybridized carbons (Fsp3) is 0.667. The highest BCUT2D eigenvalue weighted by Crippen LogP contribution is 2.27. The van der Waals surface area contributed by atoms with E-state index in [1.165, 1.54) is 0 Å². The van der Waals surface area contributed by atoms with Crippen LogP contribution < -0.4 is 4.74 Å². The first-order valence-electron chi connectivity index (χ1n) is 10.5. The van der Waals surface area contributed by atoms with Gasteiger partial charge in [-0.3, -0.25) is 9.69 Å². The predicted octanol–water partition coefficient (Wildman–Crippen LogP) is 1.53. The number of aryl methyl sites for hydroxylation is 3. The Labute approximate surface area is 171 Å². The molecular weight excluding hydrogens is 370 g/mol. The van der Waals surface area contributed by atoms with Gasteiger partial charge in [0.05, 0.1) is 18.6 Å². The van der Waals surface area contributed by atoms with Crippen LogP contribution in [0.5, 0.6) is 5.88 Å². The van der Waals surface area contributed by atoms with Gasteiger partial charge in [0.1, 0.15) is 0 Å². The molecule has 8 heteroatoms. The minimum absolute atomic E-state index is 0.0214. The van der Waals surface area contributed by atoms with E-state index in [4.69, 9.17) is 9.47 Å². The van der Waals surface area contributed by atoms with Crippen molar-refractivity contribution in [1.29, 1.82) is 0 Å². The molecule has 2 aliphatic rings. The Hall–Kier alpha value is -2.19. The minimum Gasteiger partial charge on any atom is -0.466 e. The molecule has 2 saturated heterocycles. The van der Waals surface area contributed by atoms with Crippen LogP contribution in [0.4, 0.5) is 0 Å². The number of carbonyl (C=O) groups excluding carboxylic acids is 1. The maximum Gasteiger partial charge on any atom is 0.260 e. The lowest BCUT2D eigenvalue weighted by Crippen LogP contribution is -2.45. The number of rotatable bonds is 5. The van der Waals surface area contributed by atoms with Crippen molar-refractivity contribution in [2.24, 2.45) is 13.0 Å². The zero-order valence-corrected chi connectivity index (χ0v) is 17.7. The average molecular weight is 402 g/mol. The fourth-order valence-corrected chi connectivity index (χ4v) is 4.39. The summed E-state index contributed by atoms with van der Waals surface area (Å²) in [5.41, 5.74) is 2.79. The second-order valence-electron chi connectivity index (χ2n) is 8.23. The van der Waals surface area contributed by atoms with Crippen molar-refractivity contribution in [1.82, 2.24) is 24.6 Å². The van der Waals surface area contributed by atoms with Gasteiger partial charge in [-0.25, -0.2) is 9.67 Å². The third-order valence-corrected chi connectivity index (χ3v) is 6.01. The molecule has 0 aliphatic carbocycles. The molecule has 4 rings (SSSR count). The van der Waals surface area contributed by atoms with Gasteiger partial charge in [0.15, 0.2) is 12.3 Å². The highest BCUT2D eigenvalue weighted by molar-refractivity contribution is 5.85. The van der Waals surface area contributed by atoms with Gasteiger partial charge >= 0.3 is 0 Å². The molecule has 0 radical (unpaired) electrons. The van der Waals surface area contributed by atoms with Gasteiger partial charge in [0.2, 0.25) is 5.88 Å². The van der Waals surface area contributed by atoms with Crippen LogP contribution in [-0.2, 0) is 16.6 Å². The summed E-state index contributed by atoms with van der Waals surface area (Å²) in [7, 11) is 1.85. The minimum atomic E-state index is 0.0214. The van der Waals surface area contributed by atoms with E-state index >= 15 is 0 Å². The number of fused-ring (bicyclic) bond motifs is 1. The van der Waals surface area contributed by atoms with Crippen LogP contribution in [0.1, 0.15) is 24.1 Å². The zero-order chi connectivity index (χ0) is 20.4.